The first-order valence-electron chi connectivity index (χ1n) is 7.96. The van der Waals surface area contributed by atoms with E-state index in [2.05, 4.69) is 10.6 Å². The van der Waals surface area contributed by atoms with Crippen LogP contribution < -0.4 is 15.4 Å². The average molecular weight is 306 g/mol. The molecule has 0 heterocycles. The van der Waals surface area contributed by atoms with E-state index in [1.807, 2.05) is 25.1 Å². The van der Waals surface area contributed by atoms with Crippen LogP contribution in [0.3, 0.4) is 0 Å². The molecule has 1 aromatic carbocycles. The van der Waals surface area contributed by atoms with Gasteiger partial charge in [0.2, 0.25) is 5.91 Å². The zero-order chi connectivity index (χ0) is 15.8. The third-order valence-electron chi connectivity index (χ3n) is 3.92. The van der Waals surface area contributed by atoms with E-state index in [-0.39, 0.29) is 12.5 Å². The summed E-state index contributed by atoms with van der Waals surface area (Å²) in [6.45, 7) is 3.51. The second-order valence-electron chi connectivity index (χ2n) is 5.67. The highest BCUT2D eigenvalue weighted by atomic mass is 16.5. The van der Waals surface area contributed by atoms with Crippen LogP contribution in [0, 0.1) is 6.92 Å². The van der Waals surface area contributed by atoms with Crippen molar-refractivity contribution in [2.24, 2.45) is 0 Å². The highest BCUT2D eigenvalue weighted by molar-refractivity contribution is 5.93. The topological polar surface area (TPSA) is 59.6 Å². The van der Waals surface area contributed by atoms with Crippen LogP contribution in [0.2, 0.25) is 0 Å². The van der Waals surface area contributed by atoms with Gasteiger partial charge < -0.3 is 20.1 Å². The van der Waals surface area contributed by atoms with E-state index in [1.54, 1.807) is 7.11 Å². The molecular weight excluding hydrogens is 280 g/mol. The number of ether oxygens (including phenoxy) is 2. The molecule has 1 aliphatic carbocycles. The maximum atomic E-state index is 11.9. The van der Waals surface area contributed by atoms with Crippen molar-refractivity contribution in [1.29, 1.82) is 0 Å². The number of methoxy groups -OCH3 is 1. The maximum absolute atomic E-state index is 11.9. The van der Waals surface area contributed by atoms with Gasteiger partial charge >= 0.3 is 0 Å². The Labute approximate surface area is 132 Å². The normalized spacial score (nSPS) is 15.0. The van der Waals surface area contributed by atoms with Gasteiger partial charge in [0.25, 0.3) is 0 Å². The highest BCUT2D eigenvalue weighted by Gasteiger charge is 2.18. The first kappa shape index (κ1) is 16.8. The number of carbonyl (C=O) groups is 1. The van der Waals surface area contributed by atoms with Crippen LogP contribution in [0.1, 0.15) is 31.2 Å². The molecule has 0 aromatic heterocycles. The summed E-state index contributed by atoms with van der Waals surface area (Å²) in [4.78, 5) is 11.9. The standard InChI is InChI=1S/C17H26N2O3/c1-13-15(19-17(20)12-18-10-11-21-2)8-5-9-16(13)22-14-6-3-4-7-14/h5,8-9,14,18H,3-4,6-7,10-12H2,1-2H3,(H,19,20). The maximum Gasteiger partial charge on any atom is 0.238 e. The molecule has 2 N–H and O–H groups in total. The Morgan fingerprint density at radius 3 is 2.82 bits per heavy atom. The molecule has 22 heavy (non-hydrogen) atoms. The highest BCUT2D eigenvalue weighted by Crippen LogP contribution is 2.30. The summed E-state index contributed by atoms with van der Waals surface area (Å²) in [6.07, 6.45) is 5.06. The van der Waals surface area contributed by atoms with Gasteiger partial charge in [0, 0.05) is 24.9 Å². The summed E-state index contributed by atoms with van der Waals surface area (Å²) >= 11 is 0. The summed E-state index contributed by atoms with van der Waals surface area (Å²) in [6, 6.07) is 5.80. The van der Waals surface area contributed by atoms with Crippen molar-refractivity contribution >= 4 is 11.6 Å². The zero-order valence-electron chi connectivity index (χ0n) is 13.5. The monoisotopic (exact) mass is 306 g/mol. The van der Waals surface area contributed by atoms with Crippen LogP contribution >= 0.6 is 0 Å². The molecule has 0 bridgehead atoms. The van der Waals surface area contributed by atoms with Crippen LogP contribution in [0.4, 0.5) is 5.69 Å². The number of hydrogen-bond donors (Lipinski definition) is 2. The van der Waals surface area contributed by atoms with Crippen molar-refractivity contribution in [1.82, 2.24) is 5.32 Å². The van der Waals surface area contributed by atoms with Crippen molar-refractivity contribution in [3.8, 4) is 5.75 Å². The van der Waals surface area contributed by atoms with Gasteiger partial charge in [0.1, 0.15) is 5.75 Å². The number of amides is 1. The Kier molecular flexibility index (Phi) is 6.68. The van der Waals surface area contributed by atoms with Crippen LogP contribution in [-0.4, -0.2) is 38.8 Å². The quantitative estimate of drug-likeness (QED) is 0.725. The van der Waals surface area contributed by atoms with E-state index in [0.717, 1.165) is 29.8 Å². The van der Waals surface area contributed by atoms with E-state index in [4.69, 9.17) is 9.47 Å². The third kappa shape index (κ3) is 5.00. The van der Waals surface area contributed by atoms with Gasteiger partial charge in [-0.05, 0) is 44.7 Å². The lowest BCUT2D eigenvalue weighted by Gasteiger charge is -2.17. The van der Waals surface area contributed by atoms with Gasteiger partial charge in [-0.15, -0.1) is 0 Å². The Bertz CT molecular complexity index is 485. The average Bonchev–Trinajstić information content (AvgIpc) is 3.01. The number of benzene rings is 1. The van der Waals surface area contributed by atoms with Crippen molar-refractivity contribution in [2.75, 3.05) is 32.1 Å². The van der Waals surface area contributed by atoms with Crippen LogP contribution in [-0.2, 0) is 9.53 Å². The number of rotatable bonds is 8. The molecular formula is C17H26N2O3. The first-order chi connectivity index (χ1) is 10.7. The number of nitrogens with one attached hydrogen (secondary N) is 2. The van der Waals surface area contributed by atoms with E-state index < -0.39 is 0 Å². The van der Waals surface area contributed by atoms with Crippen LogP contribution in [0.25, 0.3) is 0 Å². The summed E-state index contributed by atoms with van der Waals surface area (Å²) in [5, 5.41) is 5.96. The van der Waals surface area contributed by atoms with E-state index in [9.17, 15) is 4.79 Å². The van der Waals surface area contributed by atoms with E-state index in [1.165, 1.54) is 12.8 Å². The van der Waals surface area contributed by atoms with Crippen LogP contribution in [0.5, 0.6) is 5.75 Å². The lowest BCUT2D eigenvalue weighted by atomic mass is 10.1. The minimum Gasteiger partial charge on any atom is -0.490 e. The molecule has 0 atom stereocenters. The van der Waals surface area contributed by atoms with Gasteiger partial charge in [-0.2, -0.15) is 0 Å². The third-order valence-corrected chi connectivity index (χ3v) is 3.92. The summed E-state index contributed by atoms with van der Waals surface area (Å²) in [7, 11) is 1.64. The molecule has 1 aromatic rings. The van der Waals surface area contributed by atoms with Gasteiger partial charge in [0.15, 0.2) is 0 Å². The molecule has 5 nitrogen and oxygen atoms in total. The fourth-order valence-corrected chi connectivity index (χ4v) is 2.63. The minimum absolute atomic E-state index is 0.0581. The summed E-state index contributed by atoms with van der Waals surface area (Å²) < 4.78 is 11.0. The first-order valence-corrected chi connectivity index (χ1v) is 7.96. The van der Waals surface area contributed by atoms with Crippen LogP contribution in [0.15, 0.2) is 18.2 Å². The molecule has 0 unspecified atom stereocenters. The lowest BCUT2D eigenvalue weighted by Crippen LogP contribution is -2.30. The van der Waals surface area contributed by atoms with Crippen molar-refractivity contribution < 1.29 is 14.3 Å². The SMILES string of the molecule is COCCNCC(=O)Nc1cccc(OC2CCCC2)c1C. The molecule has 1 amide bonds. The van der Waals surface area contributed by atoms with Crippen molar-refractivity contribution in [2.45, 2.75) is 38.7 Å². The largest absolute Gasteiger partial charge is 0.490 e. The molecule has 2 rings (SSSR count). The Morgan fingerprint density at radius 1 is 1.32 bits per heavy atom. The molecule has 0 aliphatic heterocycles. The smallest absolute Gasteiger partial charge is 0.238 e. The predicted octanol–water partition coefficient (Wildman–Crippen LogP) is 2.49. The molecule has 1 fully saturated rings. The fourth-order valence-electron chi connectivity index (χ4n) is 2.63. The van der Waals surface area contributed by atoms with Gasteiger partial charge in [0.05, 0.1) is 19.3 Å². The van der Waals surface area contributed by atoms with Gasteiger partial charge in [-0.1, -0.05) is 6.07 Å². The number of anilines is 1. The Hall–Kier alpha value is -1.59. The minimum atomic E-state index is -0.0581. The molecule has 5 heteroatoms. The Balaban J connectivity index is 1.88. The summed E-state index contributed by atoms with van der Waals surface area (Å²) in [5.74, 6) is 0.814. The van der Waals surface area contributed by atoms with E-state index in [0.29, 0.717) is 19.3 Å². The molecule has 1 aliphatic rings. The summed E-state index contributed by atoms with van der Waals surface area (Å²) in [5.41, 5.74) is 1.80. The zero-order valence-corrected chi connectivity index (χ0v) is 13.5. The van der Waals surface area contributed by atoms with Gasteiger partial charge in [-0.3, -0.25) is 4.79 Å². The lowest BCUT2D eigenvalue weighted by molar-refractivity contribution is -0.115. The number of carbonyl (C=O) groups excluding carboxylic acids is 1. The second kappa shape index (κ2) is 8.76. The molecule has 1 saturated carbocycles. The van der Waals surface area contributed by atoms with Gasteiger partial charge in [-0.25, -0.2) is 0 Å². The molecule has 0 saturated heterocycles. The second-order valence-corrected chi connectivity index (χ2v) is 5.67. The Morgan fingerprint density at radius 2 is 2.09 bits per heavy atom. The van der Waals surface area contributed by atoms with Crippen molar-refractivity contribution in [3.63, 3.8) is 0 Å². The number of hydrogen-bond acceptors (Lipinski definition) is 4. The molecule has 0 radical (unpaired) electrons. The molecule has 122 valence electrons. The predicted molar refractivity (Wildman–Crippen MR) is 87.4 cm³/mol. The fraction of sp³-hybridized carbons (Fsp3) is 0.588. The van der Waals surface area contributed by atoms with Crippen molar-refractivity contribution in [3.05, 3.63) is 23.8 Å². The van der Waals surface area contributed by atoms with E-state index >= 15 is 0 Å². The molecule has 0 spiro atoms.